The third-order valence-electron chi connectivity index (χ3n) is 3.89. The van der Waals surface area contributed by atoms with Gasteiger partial charge in [-0.25, -0.2) is 0 Å². The molecule has 0 aliphatic rings. The molecule has 0 unspecified atom stereocenters. The fraction of sp³-hybridized carbons (Fsp3) is 0.588. The average molecular weight is 302 g/mol. The van der Waals surface area contributed by atoms with E-state index in [2.05, 4.69) is 32.8 Å². The summed E-state index contributed by atoms with van der Waals surface area (Å²) in [6.45, 7) is 0. The van der Waals surface area contributed by atoms with E-state index in [4.69, 9.17) is 0 Å². The molecule has 2 aromatic rings. The van der Waals surface area contributed by atoms with Gasteiger partial charge in [0.15, 0.2) is 5.82 Å². The van der Waals surface area contributed by atoms with Crippen molar-refractivity contribution in [3.8, 4) is 0 Å². The molecule has 0 saturated carbocycles. The molecule has 5 nitrogen and oxygen atoms in total. The molecule has 120 valence electrons. The summed E-state index contributed by atoms with van der Waals surface area (Å²) in [5, 5.41) is 23.9. The van der Waals surface area contributed by atoms with Crippen LogP contribution in [0, 0.1) is 0 Å². The lowest BCUT2D eigenvalue weighted by Crippen LogP contribution is -2.10. The first-order valence-corrected chi connectivity index (χ1v) is 8.29. The number of H-pyrrole nitrogens is 1. The molecule has 0 amide bonds. The van der Waals surface area contributed by atoms with Gasteiger partial charge in [0.25, 0.3) is 0 Å². The number of benzene rings is 1. The van der Waals surface area contributed by atoms with Crippen LogP contribution in [0.25, 0.3) is 0 Å². The van der Waals surface area contributed by atoms with E-state index in [9.17, 15) is 5.11 Å². The lowest BCUT2D eigenvalue weighted by molar-refractivity contribution is 0.161. The minimum Gasteiger partial charge on any atom is -0.393 e. The highest BCUT2D eigenvalue weighted by atomic mass is 16.3. The molecule has 2 rings (SSSR count). The van der Waals surface area contributed by atoms with Gasteiger partial charge in [0.1, 0.15) is 0 Å². The molecule has 2 N–H and O–H groups in total. The van der Waals surface area contributed by atoms with Crippen molar-refractivity contribution in [3.05, 3.63) is 41.7 Å². The Balaban J connectivity index is 1.42. The van der Waals surface area contributed by atoms with E-state index in [1.807, 2.05) is 18.2 Å². The third kappa shape index (κ3) is 6.80. The Bertz CT molecular complexity index is 487. The van der Waals surface area contributed by atoms with Crippen molar-refractivity contribution >= 4 is 0 Å². The molecule has 0 saturated heterocycles. The maximum atomic E-state index is 10.0. The van der Waals surface area contributed by atoms with Gasteiger partial charge < -0.3 is 5.11 Å². The SMILES string of the molecule is O[C@@H](CCCCCCCCc1nn[nH]n1)Cc1ccccc1. The second-order valence-electron chi connectivity index (χ2n) is 5.83. The first-order chi connectivity index (χ1) is 10.8. The first kappa shape index (κ1) is 16.6. The maximum absolute atomic E-state index is 10.0. The summed E-state index contributed by atoms with van der Waals surface area (Å²) in [5.41, 5.74) is 1.22. The van der Waals surface area contributed by atoms with Crippen molar-refractivity contribution < 1.29 is 5.11 Å². The summed E-state index contributed by atoms with van der Waals surface area (Å²) < 4.78 is 0. The van der Waals surface area contributed by atoms with Crippen LogP contribution in [-0.4, -0.2) is 31.8 Å². The topological polar surface area (TPSA) is 74.7 Å². The molecule has 0 bridgehead atoms. The zero-order valence-electron chi connectivity index (χ0n) is 13.1. The monoisotopic (exact) mass is 302 g/mol. The molecular weight excluding hydrogens is 276 g/mol. The van der Waals surface area contributed by atoms with Crippen LogP contribution in [0.5, 0.6) is 0 Å². The summed E-state index contributed by atoms with van der Waals surface area (Å²) >= 11 is 0. The molecule has 0 radical (unpaired) electrons. The van der Waals surface area contributed by atoms with Crippen LogP contribution in [0.3, 0.4) is 0 Å². The molecule has 0 aliphatic heterocycles. The zero-order chi connectivity index (χ0) is 15.5. The molecule has 1 aromatic heterocycles. The minimum atomic E-state index is -0.208. The minimum absolute atomic E-state index is 0.208. The van der Waals surface area contributed by atoms with Crippen LogP contribution in [-0.2, 0) is 12.8 Å². The van der Waals surface area contributed by atoms with Crippen LogP contribution in [0.1, 0.15) is 56.3 Å². The molecule has 0 fully saturated rings. The number of aryl methyl sites for hydroxylation is 1. The Kier molecular flexibility index (Phi) is 7.60. The second-order valence-corrected chi connectivity index (χ2v) is 5.83. The highest BCUT2D eigenvalue weighted by Gasteiger charge is 2.05. The maximum Gasteiger partial charge on any atom is 0.174 e. The summed E-state index contributed by atoms with van der Waals surface area (Å²) in [6, 6.07) is 10.2. The fourth-order valence-corrected chi connectivity index (χ4v) is 2.65. The van der Waals surface area contributed by atoms with Crippen LogP contribution in [0.4, 0.5) is 0 Å². The molecule has 1 heterocycles. The molecule has 0 aliphatic carbocycles. The van der Waals surface area contributed by atoms with Crippen LogP contribution < -0.4 is 0 Å². The van der Waals surface area contributed by atoms with Gasteiger partial charge in [-0.1, -0.05) is 67.6 Å². The van der Waals surface area contributed by atoms with Gasteiger partial charge in [0.05, 0.1) is 6.10 Å². The van der Waals surface area contributed by atoms with Gasteiger partial charge in [-0.2, -0.15) is 5.21 Å². The van der Waals surface area contributed by atoms with E-state index < -0.39 is 0 Å². The average Bonchev–Trinajstić information content (AvgIpc) is 3.04. The number of unbranched alkanes of at least 4 members (excludes halogenated alkanes) is 5. The molecular formula is C17H26N4O. The van der Waals surface area contributed by atoms with Crippen molar-refractivity contribution in [3.63, 3.8) is 0 Å². The van der Waals surface area contributed by atoms with Gasteiger partial charge in [0, 0.05) is 6.42 Å². The van der Waals surface area contributed by atoms with E-state index in [1.165, 1.54) is 31.2 Å². The van der Waals surface area contributed by atoms with Gasteiger partial charge in [-0.3, -0.25) is 0 Å². The van der Waals surface area contributed by atoms with Crippen LogP contribution in [0.2, 0.25) is 0 Å². The number of tetrazole rings is 1. The number of aromatic nitrogens is 4. The molecule has 1 aromatic carbocycles. The first-order valence-electron chi connectivity index (χ1n) is 8.29. The lowest BCUT2D eigenvalue weighted by atomic mass is 10.0. The summed E-state index contributed by atoms with van der Waals surface area (Å²) in [5.74, 6) is 0.809. The number of hydrogen-bond acceptors (Lipinski definition) is 4. The van der Waals surface area contributed by atoms with Crippen molar-refractivity contribution in [2.75, 3.05) is 0 Å². The van der Waals surface area contributed by atoms with Gasteiger partial charge in [0.2, 0.25) is 0 Å². The highest BCUT2D eigenvalue weighted by molar-refractivity contribution is 5.15. The predicted octanol–water partition coefficient (Wildman–Crippen LogP) is 3.08. The Hall–Kier alpha value is -1.75. The lowest BCUT2D eigenvalue weighted by Gasteiger charge is -2.10. The van der Waals surface area contributed by atoms with Crippen molar-refractivity contribution in [1.29, 1.82) is 0 Å². The van der Waals surface area contributed by atoms with E-state index in [-0.39, 0.29) is 6.10 Å². The van der Waals surface area contributed by atoms with Gasteiger partial charge in [-0.15, -0.1) is 10.2 Å². The normalized spacial score (nSPS) is 12.4. The zero-order valence-corrected chi connectivity index (χ0v) is 13.1. The number of nitrogens with one attached hydrogen (secondary N) is 1. The number of nitrogens with zero attached hydrogens (tertiary/aromatic N) is 3. The fourth-order valence-electron chi connectivity index (χ4n) is 2.65. The Morgan fingerprint density at radius 3 is 2.41 bits per heavy atom. The van der Waals surface area contributed by atoms with Gasteiger partial charge in [-0.05, 0) is 24.8 Å². The highest BCUT2D eigenvalue weighted by Crippen LogP contribution is 2.12. The number of rotatable bonds is 11. The molecule has 5 heteroatoms. The van der Waals surface area contributed by atoms with E-state index in [0.717, 1.165) is 37.9 Å². The Morgan fingerprint density at radius 2 is 1.68 bits per heavy atom. The third-order valence-corrected chi connectivity index (χ3v) is 3.89. The number of hydrogen-bond donors (Lipinski definition) is 2. The summed E-state index contributed by atoms with van der Waals surface area (Å²) in [6.07, 6.45) is 9.50. The molecule has 22 heavy (non-hydrogen) atoms. The van der Waals surface area contributed by atoms with Crippen molar-refractivity contribution in [2.45, 2.75) is 63.9 Å². The number of aliphatic hydroxyl groups excluding tert-OH is 1. The van der Waals surface area contributed by atoms with E-state index >= 15 is 0 Å². The van der Waals surface area contributed by atoms with Crippen molar-refractivity contribution in [1.82, 2.24) is 20.6 Å². The van der Waals surface area contributed by atoms with Gasteiger partial charge >= 0.3 is 0 Å². The Morgan fingerprint density at radius 1 is 0.955 bits per heavy atom. The quantitative estimate of drug-likeness (QED) is 0.626. The van der Waals surface area contributed by atoms with Crippen molar-refractivity contribution in [2.24, 2.45) is 0 Å². The second kappa shape index (κ2) is 10.1. The van der Waals surface area contributed by atoms with Crippen LogP contribution >= 0.6 is 0 Å². The molecule has 0 spiro atoms. The number of aliphatic hydroxyl groups is 1. The summed E-state index contributed by atoms with van der Waals surface area (Å²) in [7, 11) is 0. The smallest absolute Gasteiger partial charge is 0.174 e. The van der Waals surface area contributed by atoms with Crippen LogP contribution in [0.15, 0.2) is 30.3 Å². The van der Waals surface area contributed by atoms with E-state index in [0.29, 0.717) is 0 Å². The Labute approximate surface area is 132 Å². The standard InChI is InChI=1S/C17H26N4O/c22-16(14-15-10-6-5-7-11-15)12-8-3-1-2-4-9-13-17-18-20-21-19-17/h5-7,10-11,16,22H,1-4,8-9,12-14H2,(H,18,19,20,21)/t16-/m0/s1. The predicted molar refractivity (Wildman–Crippen MR) is 86.4 cm³/mol. The largest absolute Gasteiger partial charge is 0.393 e. The summed E-state index contributed by atoms with van der Waals surface area (Å²) in [4.78, 5) is 0. The number of aromatic amines is 1. The van der Waals surface area contributed by atoms with E-state index in [1.54, 1.807) is 0 Å². The molecule has 1 atom stereocenters.